The molecule has 0 saturated heterocycles. The third-order valence-corrected chi connectivity index (χ3v) is 4.51. The number of rotatable bonds is 6. The first kappa shape index (κ1) is 19.0. The van der Waals surface area contributed by atoms with E-state index in [1.54, 1.807) is 7.11 Å². The van der Waals surface area contributed by atoms with Gasteiger partial charge in [-0.05, 0) is 57.4 Å². The van der Waals surface area contributed by atoms with Gasteiger partial charge in [0.1, 0.15) is 0 Å². The average molecular weight is 344 g/mol. The summed E-state index contributed by atoms with van der Waals surface area (Å²) >= 11 is 0. The van der Waals surface area contributed by atoms with E-state index in [4.69, 9.17) is 4.74 Å². The quantitative estimate of drug-likeness (QED) is 0.843. The normalized spacial score (nSPS) is 13.4. The van der Waals surface area contributed by atoms with Gasteiger partial charge in [0, 0.05) is 31.6 Å². The van der Waals surface area contributed by atoms with E-state index in [0.29, 0.717) is 0 Å². The lowest BCUT2D eigenvalue weighted by Gasteiger charge is -2.16. The van der Waals surface area contributed by atoms with E-state index >= 15 is 0 Å². The van der Waals surface area contributed by atoms with Gasteiger partial charge in [0.15, 0.2) is 0 Å². The Labute approximate surface area is 149 Å². The summed E-state index contributed by atoms with van der Waals surface area (Å²) in [7, 11) is 3.60. The van der Waals surface area contributed by atoms with E-state index in [1.165, 1.54) is 5.56 Å². The van der Waals surface area contributed by atoms with Crippen LogP contribution in [0.25, 0.3) is 0 Å². The molecule has 2 atom stereocenters. The molecule has 0 aliphatic heterocycles. The first-order chi connectivity index (χ1) is 11.8. The Kier molecular flexibility index (Phi) is 6.20. The molecule has 0 radical (unpaired) electrons. The van der Waals surface area contributed by atoms with E-state index in [-0.39, 0.29) is 18.2 Å². The molecule has 25 heavy (non-hydrogen) atoms. The number of nitrogens with zero attached hydrogens (tertiary/aromatic N) is 2. The number of hydrogen-bond acceptors (Lipinski definition) is 3. The summed E-state index contributed by atoms with van der Waals surface area (Å²) in [6.45, 7) is 8.01. The number of nitrogens with one attached hydrogen (secondary N) is 2. The SMILES string of the molecule is CO[C@@H](C)c1cccc(NC(=O)N[C@H](C)Cc2c(C)nn(C)c2C)c1. The van der Waals surface area contributed by atoms with Crippen molar-refractivity contribution >= 4 is 11.7 Å². The molecule has 0 unspecified atom stereocenters. The molecule has 0 aliphatic rings. The van der Waals surface area contributed by atoms with Crippen molar-refractivity contribution in [2.24, 2.45) is 7.05 Å². The molecule has 1 heterocycles. The van der Waals surface area contributed by atoms with Gasteiger partial charge in [-0.15, -0.1) is 0 Å². The zero-order chi connectivity index (χ0) is 18.6. The topological polar surface area (TPSA) is 68.2 Å². The molecule has 0 fully saturated rings. The minimum atomic E-state index is -0.214. The second kappa shape index (κ2) is 8.16. The number of carbonyl (C=O) groups is 1. The first-order valence-corrected chi connectivity index (χ1v) is 8.51. The Hall–Kier alpha value is -2.34. The van der Waals surface area contributed by atoms with Crippen LogP contribution in [0.15, 0.2) is 24.3 Å². The van der Waals surface area contributed by atoms with E-state index < -0.39 is 0 Å². The van der Waals surface area contributed by atoms with Crippen LogP contribution in [0.2, 0.25) is 0 Å². The highest BCUT2D eigenvalue weighted by molar-refractivity contribution is 5.89. The number of carbonyl (C=O) groups excluding carboxylic acids is 1. The first-order valence-electron chi connectivity index (χ1n) is 8.51. The molecule has 6 heteroatoms. The summed E-state index contributed by atoms with van der Waals surface area (Å²) in [5, 5.41) is 10.3. The summed E-state index contributed by atoms with van der Waals surface area (Å²) in [6, 6.07) is 7.47. The highest BCUT2D eigenvalue weighted by Gasteiger charge is 2.15. The molecule has 2 amide bonds. The van der Waals surface area contributed by atoms with E-state index in [0.717, 1.165) is 29.1 Å². The van der Waals surface area contributed by atoms with Crippen LogP contribution in [0.1, 0.15) is 42.5 Å². The van der Waals surface area contributed by atoms with Crippen molar-refractivity contribution in [2.75, 3.05) is 12.4 Å². The highest BCUT2D eigenvalue weighted by atomic mass is 16.5. The van der Waals surface area contributed by atoms with Crippen molar-refractivity contribution in [3.8, 4) is 0 Å². The summed E-state index contributed by atoms with van der Waals surface area (Å²) in [4.78, 5) is 12.3. The molecule has 2 N–H and O–H groups in total. The van der Waals surface area contributed by atoms with E-state index in [2.05, 4.69) is 15.7 Å². The Balaban J connectivity index is 1.95. The van der Waals surface area contributed by atoms with Crippen LogP contribution in [0, 0.1) is 13.8 Å². The Morgan fingerprint density at radius 3 is 2.64 bits per heavy atom. The lowest BCUT2D eigenvalue weighted by Crippen LogP contribution is -2.37. The van der Waals surface area contributed by atoms with Gasteiger partial charge in [0.25, 0.3) is 0 Å². The Morgan fingerprint density at radius 1 is 1.32 bits per heavy atom. The van der Waals surface area contributed by atoms with Crippen molar-refractivity contribution < 1.29 is 9.53 Å². The van der Waals surface area contributed by atoms with Gasteiger partial charge in [-0.3, -0.25) is 4.68 Å². The van der Waals surface area contributed by atoms with Crippen molar-refractivity contribution in [3.63, 3.8) is 0 Å². The van der Waals surface area contributed by atoms with Crippen LogP contribution in [-0.4, -0.2) is 29.0 Å². The average Bonchev–Trinajstić information content (AvgIpc) is 2.80. The molecule has 1 aromatic heterocycles. The van der Waals surface area contributed by atoms with Crippen LogP contribution in [0.4, 0.5) is 10.5 Å². The minimum absolute atomic E-state index is 0.00248. The van der Waals surface area contributed by atoms with E-state index in [9.17, 15) is 4.79 Å². The number of aryl methyl sites for hydroxylation is 2. The molecule has 6 nitrogen and oxygen atoms in total. The second-order valence-electron chi connectivity index (χ2n) is 6.48. The number of urea groups is 1. The van der Waals surface area contributed by atoms with Crippen LogP contribution in [0.3, 0.4) is 0 Å². The number of hydrogen-bond donors (Lipinski definition) is 2. The Bertz CT molecular complexity index is 739. The number of amides is 2. The number of anilines is 1. The molecule has 136 valence electrons. The van der Waals surface area contributed by atoms with Gasteiger partial charge in [-0.25, -0.2) is 4.79 Å². The molecule has 0 bridgehead atoms. The summed E-state index contributed by atoms with van der Waals surface area (Å²) in [6.07, 6.45) is 0.736. The number of ether oxygens (including phenoxy) is 1. The lowest BCUT2D eigenvalue weighted by molar-refractivity contribution is 0.119. The molecular weight excluding hydrogens is 316 g/mol. The molecule has 0 spiro atoms. The van der Waals surface area contributed by atoms with Gasteiger partial charge in [0.05, 0.1) is 11.8 Å². The summed E-state index contributed by atoms with van der Waals surface area (Å²) < 4.78 is 7.19. The van der Waals surface area contributed by atoms with Crippen LogP contribution >= 0.6 is 0 Å². The van der Waals surface area contributed by atoms with Crippen LogP contribution in [0.5, 0.6) is 0 Å². The van der Waals surface area contributed by atoms with Gasteiger partial charge < -0.3 is 15.4 Å². The molecule has 2 aromatic rings. The highest BCUT2D eigenvalue weighted by Crippen LogP contribution is 2.19. The predicted molar refractivity (Wildman–Crippen MR) is 99.9 cm³/mol. The van der Waals surface area contributed by atoms with Crippen molar-refractivity contribution in [3.05, 3.63) is 46.8 Å². The maximum atomic E-state index is 12.3. The smallest absolute Gasteiger partial charge is 0.319 e. The molecule has 2 rings (SSSR count). The van der Waals surface area contributed by atoms with Gasteiger partial charge in [-0.2, -0.15) is 5.10 Å². The van der Waals surface area contributed by atoms with Gasteiger partial charge in [-0.1, -0.05) is 12.1 Å². The van der Waals surface area contributed by atoms with E-state index in [1.807, 2.05) is 63.7 Å². The number of benzene rings is 1. The molecule has 0 aliphatic carbocycles. The number of aromatic nitrogens is 2. The molecule has 0 saturated carbocycles. The number of methoxy groups -OCH3 is 1. The predicted octanol–water partition coefficient (Wildman–Crippen LogP) is 3.50. The zero-order valence-corrected chi connectivity index (χ0v) is 15.9. The maximum absolute atomic E-state index is 12.3. The third kappa shape index (κ3) is 4.82. The van der Waals surface area contributed by atoms with Gasteiger partial charge in [0.2, 0.25) is 0 Å². The Morgan fingerprint density at radius 2 is 2.04 bits per heavy atom. The van der Waals surface area contributed by atoms with Crippen molar-refractivity contribution in [2.45, 2.75) is 46.3 Å². The fraction of sp³-hybridized carbons (Fsp3) is 0.474. The zero-order valence-electron chi connectivity index (χ0n) is 15.9. The molecule has 1 aromatic carbocycles. The summed E-state index contributed by atoms with van der Waals surface area (Å²) in [5.74, 6) is 0. The fourth-order valence-electron chi connectivity index (χ4n) is 2.87. The van der Waals surface area contributed by atoms with Crippen molar-refractivity contribution in [1.82, 2.24) is 15.1 Å². The fourth-order valence-corrected chi connectivity index (χ4v) is 2.87. The summed E-state index contributed by atoms with van der Waals surface area (Å²) in [5.41, 5.74) is 5.10. The lowest BCUT2D eigenvalue weighted by atomic mass is 10.1. The standard InChI is InChI=1S/C19H28N4O2/c1-12(10-18-13(2)22-23(5)14(18)3)20-19(24)21-17-9-7-8-16(11-17)15(4)25-6/h7-9,11-12,15H,10H2,1-6H3,(H2,20,21,24)/t12-,15+/m1/s1. The molecular formula is C19H28N4O2. The second-order valence-corrected chi connectivity index (χ2v) is 6.48. The van der Waals surface area contributed by atoms with Crippen LogP contribution < -0.4 is 10.6 Å². The minimum Gasteiger partial charge on any atom is -0.377 e. The van der Waals surface area contributed by atoms with Crippen molar-refractivity contribution in [1.29, 1.82) is 0 Å². The maximum Gasteiger partial charge on any atom is 0.319 e. The third-order valence-electron chi connectivity index (χ3n) is 4.51. The monoisotopic (exact) mass is 344 g/mol. The largest absolute Gasteiger partial charge is 0.377 e. The van der Waals surface area contributed by atoms with Gasteiger partial charge >= 0.3 is 6.03 Å². The van der Waals surface area contributed by atoms with Crippen LogP contribution in [-0.2, 0) is 18.2 Å².